The summed E-state index contributed by atoms with van der Waals surface area (Å²) in [5.41, 5.74) is -0.0319. The maximum Gasteiger partial charge on any atom is 0.134 e. The lowest BCUT2D eigenvalue weighted by Crippen LogP contribution is -2.65. The highest BCUT2D eigenvalue weighted by molar-refractivity contribution is 5.81. The second-order valence-electron chi connectivity index (χ2n) is 10.5. The van der Waals surface area contributed by atoms with Gasteiger partial charge in [-0.25, -0.2) is 0 Å². The van der Waals surface area contributed by atoms with Crippen LogP contribution in [-0.2, 0) is 4.79 Å². The van der Waals surface area contributed by atoms with Gasteiger partial charge >= 0.3 is 0 Å². The molecular weight excluding hydrogens is 288 g/mol. The van der Waals surface area contributed by atoms with Crippen LogP contribution in [0.4, 0.5) is 0 Å². The molecule has 2 N–H and O–H groups in total. The van der Waals surface area contributed by atoms with Crippen LogP contribution in [0.15, 0.2) is 0 Å². The molecule has 2 bridgehead atoms. The Labute approximate surface area is 139 Å². The maximum atomic E-state index is 12.6. The summed E-state index contributed by atoms with van der Waals surface area (Å²) >= 11 is 0. The van der Waals surface area contributed by atoms with Crippen LogP contribution < -0.4 is 0 Å². The Kier molecular flexibility index (Phi) is 3.08. The number of carbonyl (C=O) groups is 1. The van der Waals surface area contributed by atoms with E-state index in [9.17, 15) is 15.0 Å². The predicted molar refractivity (Wildman–Crippen MR) is 88.7 cm³/mol. The number of rotatable bonds is 0. The van der Waals surface area contributed by atoms with Gasteiger partial charge in [-0.15, -0.1) is 0 Å². The number of aliphatic hydroxyl groups is 2. The van der Waals surface area contributed by atoms with E-state index < -0.39 is 0 Å². The summed E-state index contributed by atoms with van der Waals surface area (Å²) in [5, 5.41) is 21.6. The van der Waals surface area contributed by atoms with Crippen LogP contribution in [-0.4, -0.2) is 28.2 Å². The third-order valence-electron chi connectivity index (χ3n) is 8.86. The SMILES string of the molecule is CC1(C)CC(=O)C[C@@]2(C)[C@H]1C[C@H](O)[C@H]1C[C@H](O)[C@]3(C)CC[C@@]12C3. The zero-order valence-corrected chi connectivity index (χ0v) is 15.1. The largest absolute Gasteiger partial charge is 0.393 e. The van der Waals surface area contributed by atoms with E-state index in [1.807, 2.05) is 0 Å². The smallest absolute Gasteiger partial charge is 0.134 e. The third kappa shape index (κ3) is 1.81. The van der Waals surface area contributed by atoms with Crippen LogP contribution in [0.5, 0.6) is 0 Å². The van der Waals surface area contributed by atoms with Crippen LogP contribution in [0.25, 0.3) is 0 Å². The lowest BCUT2D eigenvalue weighted by Gasteiger charge is -2.67. The first-order valence-corrected chi connectivity index (χ1v) is 9.42. The van der Waals surface area contributed by atoms with Crippen molar-refractivity contribution in [3.05, 3.63) is 0 Å². The number of hydrogen-bond acceptors (Lipinski definition) is 3. The highest BCUT2D eigenvalue weighted by Crippen LogP contribution is 2.75. The van der Waals surface area contributed by atoms with E-state index >= 15 is 0 Å². The van der Waals surface area contributed by atoms with Gasteiger partial charge in [0.1, 0.15) is 5.78 Å². The van der Waals surface area contributed by atoms with Crippen LogP contribution >= 0.6 is 0 Å². The fourth-order valence-electron chi connectivity index (χ4n) is 7.79. The van der Waals surface area contributed by atoms with E-state index in [2.05, 4.69) is 27.7 Å². The molecule has 1 spiro atoms. The molecule has 4 saturated carbocycles. The fraction of sp³-hybridized carbons (Fsp3) is 0.950. The van der Waals surface area contributed by atoms with Crippen molar-refractivity contribution in [2.45, 2.75) is 84.8 Å². The minimum atomic E-state index is -0.321. The van der Waals surface area contributed by atoms with E-state index in [4.69, 9.17) is 0 Å². The van der Waals surface area contributed by atoms with Gasteiger partial charge < -0.3 is 10.2 Å². The molecule has 23 heavy (non-hydrogen) atoms. The Hall–Kier alpha value is -0.410. The average Bonchev–Trinajstić information content (AvgIpc) is 2.73. The van der Waals surface area contributed by atoms with E-state index in [0.29, 0.717) is 31.0 Å². The van der Waals surface area contributed by atoms with E-state index in [1.54, 1.807) is 0 Å². The van der Waals surface area contributed by atoms with E-state index in [-0.39, 0.29) is 39.8 Å². The summed E-state index contributed by atoms with van der Waals surface area (Å²) in [5.74, 6) is 0.963. The Balaban J connectivity index is 1.86. The van der Waals surface area contributed by atoms with Crippen molar-refractivity contribution in [3.63, 3.8) is 0 Å². The van der Waals surface area contributed by atoms with Gasteiger partial charge in [0, 0.05) is 12.8 Å². The van der Waals surface area contributed by atoms with Gasteiger partial charge in [-0.3, -0.25) is 4.79 Å². The molecule has 0 aromatic rings. The van der Waals surface area contributed by atoms with Gasteiger partial charge in [0.15, 0.2) is 0 Å². The van der Waals surface area contributed by atoms with E-state index in [1.165, 1.54) is 0 Å². The molecule has 4 aliphatic carbocycles. The molecular formula is C20H32O3. The Morgan fingerprint density at radius 2 is 1.70 bits per heavy atom. The molecule has 0 aromatic heterocycles. The maximum absolute atomic E-state index is 12.6. The molecule has 0 heterocycles. The van der Waals surface area contributed by atoms with Gasteiger partial charge in [-0.2, -0.15) is 0 Å². The normalized spacial score (nSPS) is 57.7. The number of fused-ring (bicyclic) bond motifs is 2. The average molecular weight is 320 g/mol. The fourth-order valence-corrected chi connectivity index (χ4v) is 7.79. The topological polar surface area (TPSA) is 57.5 Å². The molecule has 0 radical (unpaired) electrons. The summed E-state index contributed by atoms with van der Waals surface area (Å²) in [4.78, 5) is 12.6. The summed E-state index contributed by atoms with van der Waals surface area (Å²) in [7, 11) is 0. The molecule has 0 unspecified atom stereocenters. The molecule has 4 aliphatic rings. The van der Waals surface area contributed by atoms with Crippen LogP contribution in [0.3, 0.4) is 0 Å². The molecule has 0 aliphatic heterocycles. The second-order valence-corrected chi connectivity index (χ2v) is 10.5. The first kappa shape index (κ1) is 16.1. The van der Waals surface area contributed by atoms with Crippen LogP contribution in [0, 0.1) is 33.5 Å². The quantitative estimate of drug-likeness (QED) is 0.720. The number of Topliss-reactive ketones (excluding diaryl/α,β-unsaturated/α-hetero) is 1. The van der Waals surface area contributed by atoms with Gasteiger partial charge in [0.2, 0.25) is 0 Å². The summed E-state index contributed by atoms with van der Waals surface area (Å²) in [6, 6.07) is 0. The third-order valence-corrected chi connectivity index (χ3v) is 8.86. The van der Waals surface area contributed by atoms with Crippen molar-refractivity contribution < 1.29 is 15.0 Å². The highest BCUT2D eigenvalue weighted by atomic mass is 16.3. The monoisotopic (exact) mass is 320 g/mol. The Morgan fingerprint density at radius 3 is 2.39 bits per heavy atom. The molecule has 0 aromatic carbocycles. The lowest BCUT2D eigenvalue weighted by atomic mass is 9.37. The van der Waals surface area contributed by atoms with Crippen LogP contribution in [0.1, 0.15) is 72.6 Å². The van der Waals surface area contributed by atoms with Crippen molar-refractivity contribution in [2.24, 2.45) is 33.5 Å². The Bertz CT molecular complexity index is 555. The Morgan fingerprint density at radius 1 is 1.00 bits per heavy atom. The number of hydrogen-bond donors (Lipinski definition) is 2. The molecule has 4 rings (SSSR count). The van der Waals surface area contributed by atoms with Crippen LogP contribution in [0.2, 0.25) is 0 Å². The zero-order chi connectivity index (χ0) is 16.8. The van der Waals surface area contributed by atoms with Gasteiger partial charge in [0.25, 0.3) is 0 Å². The van der Waals surface area contributed by atoms with Crippen molar-refractivity contribution in [2.75, 3.05) is 0 Å². The van der Waals surface area contributed by atoms with Gasteiger partial charge in [-0.1, -0.05) is 27.7 Å². The second kappa shape index (κ2) is 4.40. The van der Waals surface area contributed by atoms with Gasteiger partial charge in [-0.05, 0) is 65.6 Å². The standard InChI is InChI=1S/C20H32O3/c1-17(2)9-12(21)10-19(4)15(17)8-14(22)13-7-16(23)18(3)5-6-20(13,19)11-18/h13-16,22-23H,5-11H2,1-4H3/t13-,14+,15+,16+,18-,19+,20-/m1/s1. The molecule has 3 nitrogen and oxygen atoms in total. The molecule has 3 heteroatoms. The molecule has 4 fully saturated rings. The predicted octanol–water partition coefficient (Wildman–Crippen LogP) is 3.32. The first-order valence-electron chi connectivity index (χ1n) is 9.42. The minimum Gasteiger partial charge on any atom is -0.393 e. The first-order chi connectivity index (χ1) is 10.5. The molecule has 0 saturated heterocycles. The number of ketones is 1. The molecule has 7 atom stereocenters. The van der Waals surface area contributed by atoms with Crippen molar-refractivity contribution in [3.8, 4) is 0 Å². The van der Waals surface area contributed by atoms with E-state index in [0.717, 1.165) is 25.7 Å². The summed E-state index contributed by atoms with van der Waals surface area (Å²) in [6.45, 7) is 9.02. The van der Waals surface area contributed by atoms with Gasteiger partial charge in [0.05, 0.1) is 12.2 Å². The van der Waals surface area contributed by atoms with Crippen molar-refractivity contribution in [1.29, 1.82) is 0 Å². The number of aliphatic hydroxyl groups excluding tert-OH is 2. The number of carbonyl (C=O) groups excluding carboxylic acids is 1. The van der Waals surface area contributed by atoms with Crippen molar-refractivity contribution in [1.82, 2.24) is 0 Å². The lowest BCUT2D eigenvalue weighted by molar-refractivity contribution is -0.221. The molecule has 0 amide bonds. The highest BCUT2D eigenvalue weighted by Gasteiger charge is 2.71. The zero-order valence-electron chi connectivity index (χ0n) is 15.1. The summed E-state index contributed by atoms with van der Waals surface area (Å²) < 4.78 is 0. The minimum absolute atomic E-state index is 0.0202. The van der Waals surface area contributed by atoms with Crippen molar-refractivity contribution >= 4 is 5.78 Å². The molecule has 130 valence electrons. The summed E-state index contributed by atoms with van der Waals surface area (Å²) in [6.07, 6.45) is 5.31.